The lowest BCUT2D eigenvalue weighted by Crippen LogP contribution is -1.99. The van der Waals surface area contributed by atoms with Crippen LogP contribution in [0.3, 0.4) is 0 Å². The van der Waals surface area contributed by atoms with Gasteiger partial charge in [0, 0.05) is 21.8 Å². The van der Waals surface area contributed by atoms with Gasteiger partial charge in [0.2, 0.25) is 0 Å². The first kappa shape index (κ1) is 21.8. The smallest absolute Gasteiger partial charge is 0.149 e. The third-order valence-electron chi connectivity index (χ3n) is 7.53. The zero-order valence-corrected chi connectivity index (χ0v) is 21.3. The number of imidazole rings is 1. The molecule has 0 aliphatic rings. The number of aryl methyl sites for hydroxylation is 1. The maximum absolute atomic E-state index is 6.64. The highest BCUT2D eigenvalue weighted by Gasteiger charge is 2.22. The van der Waals surface area contributed by atoms with E-state index in [-0.39, 0.29) is 0 Å². The number of benzene rings is 5. The third-order valence-corrected chi connectivity index (χ3v) is 7.53. The van der Waals surface area contributed by atoms with E-state index in [9.17, 15) is 0 Å². The van der Waals surface area contributed by atoms with Crippen LogP contribution >= 0.6 is 0 Å². The van der Waals surface area contributed by atoms with Gasteiger partial charge in [-0.05, 0) is 54.4 Å². The highest BCUT2D eigenvalue weighted by molar-refractivity contribution is 6.11. The number of aromatic nitrogens is 3. The number of hydrogen-bond donors (Lipinski definition) is 0. The fourth-order valence-electron chi connectivity index (χ4n) is 5.74. The molecule has 0 fully saturated rings. The Bertz CT molecular complexity index is 2170. The van der Waals surface area contributed by atoms with Gasteiger partial charge in [0.05, 0.1) is 22.3 Å². The predicted octanol–water partition coefficient (Wildman–Crippen LogP) is 9.12. The minimum Gasteiger partial charge on any atom is -0.455 e. The van der Waals surface area contributed by atoms with Gasteiger partial charge in [0.15, 0.2) is 0 Å². The van der Waals surface area contributed by atoms with Crippen LogP contribution in [0.1, 0.15) is 5.69 Å². The normalized spacial score (nSPS) is 11.7. The highest BCUT2D eigenvalue weighted by atomic mass is 16.3. The van der Waals surface area contributed by atoms with Crippen molar-refractivity contribution in [3.05, 3.63) is 127 Å². The zero-order chi connectivity index (χ0) is 25.9. The zero-order valence-electron chi connectivity index (χ0n) is 21.3. The molecule has 0 bridgehead atoms. The average molecular weight is 502 g/mol. The summed E-state index contributed by atoms with van der Waals surface area (Å²) < 4.78 is 8.86. The van der Waals surface area contributed by atoms with Crippen LogP contribution in [-0.4, -0.2) is 14.5 Å². The molecule has 0 aliphatic carbocycles. The molecule has 0 radical (unpaired) electrons. The number of furan rings is 1. The van der Waals surface area contributed by atoms with E-state index in [0.717, 1.165) is 72.2 Å². The standard InChI is InChI=1S/C35H23N3O/c1-22-33-32(28-15-8-9-18-30(28)36-22)37-35(38(33)25-13-6-3-7-14-25)29-17-10-16-27-26-20-19-24(21-31(26)39-34(27)29)23-11-4-2-5-12-23/h2-21H,1H3. The molecule has 0 unspecified atom stereocenters. The van der Waals surface area contributed by atoms with Crippen molar-refractivity contribution in [1.29, 1.82) is 0 Å². The van der Waals surface area contributed by atoms with Crippen molar-refractivity contribution in [2.75, 3.05) is 0 Å². The summed E-state index contributed by atoms with van der Waals surface area (Å²) in [7, 11) is 0. The molecule has 3 heterocycles. The van der Waals surface area contributed by atoms with Gasteiger partial charge in [0.25, 0.3) is 0 Å². The molecule has 0 spiro atoms. The van der Waals surface area contributed by atoms with Crippen LogP contribution in [0.15, 0.2) is 126 Å². The topological polar surface area (TPSA) is 43.9 Å². The molecule has 4 nitrogen and oxygen atoms in total. The molecule has 0 N–H and O–H groups in total. The largest absolute Gasteiger partial charge is 0.455 e. The lowest BCUT2D eigenvalue weighted by molar-refractivity contribution is 0.669. The van der Waals surface area contributed by atoms with Crippen LogP contribution in [0.2, 0.25) is 0 Å². The maximum Gasteiger partial charge on any atom is 0.149 e. The number of hydrogen-bond acceptors (Lipinski definition) is 3. The summed E-state index contributed by atoms with van der Waals surface area (Å²) >= 11 is 0. The molecule has 0 aliphatic heterocycles. The second-order valence-electron chi connectivity index (χ2n) is 9.88. The van der Waals surface area contributed by atoms with Gasteiger partial charge in [-0.2, -0.15) is 0 Å². The molecular weight excluding hydrogens is 478 g/mol. The van der Waals surface area contributed by atoms with E-state index in [4.69, 9.17) is 14.4 Å². The maximum atomic E-state index is 6.64. The van der Waals surface area contributed by atoms with Crippen molar-refractivity contribution < 1.29 is 4.42 Å². The summed E-state index contributed by atoms with van der Waals surface area (Å²) in [5.41, 5.74) is 9.82. The Morgan fingerprint density at radius 2 is 1.36 bits per heavy atom. The summed E-state index contributed by atoms with van der Waals surface area (Å²) in [6.45, 7) is 2.06. The van der Waals surface area contributed by atoms with Crippen molar-refractivity contribution in [1.82, 2.24) is 14.5 Å². The first-order valence-corrected chi connectivity index (χ1v) is 13.1. The van der Waals surface area contributed by atoms with Crippen LogP contribution in [-0.2, 0) is 0 Å². The summed E-state index contributed by atoms with van der Waals surface area (Å²) in [4.78, 5) is 10.2. The average Bonchev–Trinajstić information content (AvgIpc) is 3.57. The number of pyridine rings is 1. The number of para-hydroxylation sites is 3. The lowest BCUT2D eigenvalue weighted by atomic mass is 10.0. The minimum absolute atomic E-state index is 0.833. The van der Waals surface area contributed by atoms with E-state index in [1.165, 1.54) is 5.56 Å². The van der Waals surface area contributed by atoms with Gasteiger partial charge in [-0.25, -0.2) is 4.98 Å². The van der Waals surface area contributed by atoms with Crippen LogP contribution in [0.4, 0.5) is 0 Å². The summed E-state index contributed by atoms with van der Waals surface area (Å²) in [6.07, 6.45) is 0. The Labute approximate surface area is 224 Å². The van der Waals surface area contributed by atoms with Crippen molar-refractivity contribution in [3.8, 4) is 28.2 Å². The molecule has 0 saturated carbocycles. The Hall–Kier alpha value is -5.22. The first-order chi connectivity index (χ1) is 19.3. The van der Waals surface area contributed by atoms with E-state index in [1.807, 2.05) is 30.3 Å². The van der Waals surface area contributed by atoms with Gasteiger partial charge in [-0.1, -0.05) is 84.9 Å². The van der Waals surface area contributed by atoms with Crippen LogP contribution in [0.5, 0.6) is 0 Å². The number of rotatable bonds is 3. The molecule has 8 rings (SSSR count). The van der Waals surface area contributed by atoms with E-state index in [0.29, 0.717) is 0 Å². The van der Waals surface area contributed by atoms with Gasteiger partial charge < -0.3 is 4.42 Å². The fraction of sp³-hybridized carbons (Fsp3) is 0.0286. The van der Waals surface area contributed by atoms with E-state index in [1.54, 1.807) is 0 Å². The number of fused-ring (bicyclic) bond motifs is 6. The van der Waals surface area contributed by atoms with Crippen molar-refractivity contribution in [2.45, 2.75) is 6.92 Å². The molecular formula is C35H23N3O. The summed E-state index contributed by atoms with van der Waals surface area (Å²) in [5.74, 6) is 0.838. The van der Waals surface area contributed by atoms with Crippen molar-refractivity contribution in [3.63, 3.8) is 0 Å². The van der Waals surface area contributed by atoms with E-state index < -0.39 is 0 Å². The molecule has 39 heavy (non-hydrogen) atoms. The monoisotopic (exact) mass is 501 g/mol. The molecule has 0 saturated heterocycles. The van der Waals surface area contributed by atoms with E-state index in [2.05, 4.69) is 102 Å². The molecule has 5 aromatic carbocycles. The van der Waals surface area contributed by atoms with Crippen molar-refractivity contribution >= 4 is 43.9 Å². The fourth-order valence-corrected chi connectivity index (χ4v) is 5.74. The lowest BCUT2D eigenvalue weighted by Gasteiger charge is -2.11. The van der Waals surface area contributed by atoms with Crippen LogP contribution in [0, 0.1) is 6.92 Å². The molecule has 0 amide bonds. The molecule has 184 valence electrons. The van der Waals surface area contributed by atoms with Gasteiger partial charge in [0.1, 0.15) is 22.5 Å². The molecule has 4 heteroatoms. The number of nitrogens with zero attached hydrogens (tertiary/aromatic N) is 3. The van der Waals surface area contributed by atoms with Crippen LogP contribution in [0.25, 0.3) is 72.1 Å². The predicted molar refractivity (Wildman–Crippen MR) is 159 cm³/mol. The summed E-state index contributed by atoms with van der Waals surface area (Å²) in [6, 6.07) is 41.8. The Morgan fingerprint density at radius 3 is 2.21 bits per heavy atom. The van der Waals surface area contributed by atoms with Gasteiger partial charge in [-0.3, -0.25) is 9.55 Å². The SMILES string of the molecule is Cc1nc2ccccc2c2nc(-c3cccc4c3oc3cc(-c5ccccc5)ccc34)n(-c3ccccc3)c12. The van der Waals surface area contributed by atoms with E-state index >= 15 is 0 Å². The Balaban J connectivity index is 1.45. The molecule has 8 aromatic rings. The first-order valence-electron chi connectivity index (χ1n) is 13.1. The quantitative estimate of drug-likeness (QED) is 0.242. The second kappa shape index (κ2) is 8.40. The van der Waals surface area contributed by atoms with Crippen molar-refractivity contribution in [2.24, 2.45) is 0 Å². The van der Waals surface area contributed by atoms with Gasteiger partial charge in [-0.15, -0.1) is 0 Å². The Morgan fingerprint density at radius 1 is 0.615 bits per heavy atom. The van der Waals surface area contributed by atoms with Crippen LogP contribution < -0.4 is 0 Å². The summed E-state index contributed by atoms with van der Waals surface area (Å²) in [5, 5.41) is 3.21. The minimum atomic E-state index is 0.833. The van der Waals surface area contributed by atoms with Gasteiger partial charge >= 0.3 is 0 Å². The second-order valence-corrected chi connectivity index (χ2v) is 9.88. The molecule has 0 atom stereocenters. The third kappa shape index (κ3) is 3.32. The Kier molecular flexibility index (Phi) is 4.70. The highest BCUT2D eigenvalue weighted by Crippen LogP contribution is 2.40. The molecule has 3 aromatic heterocycles.